The molecule has 1 heterocycles. The van der Waals surface area contributed by atoms with Crippen LogP contribution in [0.3, 0.4) is 0 Å². The Morgan fingerprint density at radius 1 is 1.38 bits per heavy atom. The van der Waals surface area contributed by atoms with Crippen LogP contribution in [0.4, 0.5) is 0 Å². The lowest BCUT2D eigenvalue weighted by Gasteiger charge is -2.16. The van der Waals surface area contributed by atoms with Crippen LogP contribution in [-0.2, 0) is 6.54 Å². The molecule has 0 aliphatic carbocycles. The van der Waals surface area contributed by atoms with Crippen molar-refractivity contribution < 1.29 is 14.3 Å². The molecular weight excluding hydrogens is 268 g/mol. The van der Waals surface area contributed by atoms with Crippen LogP contribution in [0.15, 0.2) is 35.1 Å². The first-order valence-corrected chi connectivity index (χ1v) is 6.46. The summed E-state index contributed by atoms with van der Waals surface area (Å²) in [6.45, 7) is 2.04. The number of carbonyl (C=O) groups is 1. The number of hydrogen-bond acceptors (Lipinski definition) is 4. The number of aliphatic hydroxyl groups excluding tert-OH is 1. The third kappa shape index (κ3) is 3.71. The summed E-state index contributed by atoms with van der Waals surface area (Å²) in [4.78, 5) is 17.7. The van der Waals surface area contributed by atoms with Crippen LogP contribution in [0.5, 0.6) is 0 Å². The van der Waals surface area contributed by atoms with Crippen molar-refractivity contribution in [1.82, 2.24) is 9.88 Å². The summed E-state index contributed by atoms with van der Waals surface area (Å²) in [7, 11) is 1.71. The van der Waals surface area contributed by atoms with Crippen molar-refractivity contribution in [2.24, 2.45) is 0 Å². The van der Waals surface area contributed by atoms with Gasteiger partial charge < -0.3 is 14.4 Å². The van der Waals surface area contributed by atoms with E-state index in [-0.39, 0.29) is 18.3 Å². The van der Waals surface area contributed by atoms with Gasteiger partial charge in [-0.05, 0) is 24.6 Å². The summed E-state index contributed by atoms with van der Waals surface area (Å²) < 4.78 is 5.10. The lowest BCUT2D eigenvalue weighted by atomic mass is 10.1. The maximum absolute atomic E-state index is 12.2. The van der Waals surface area contributed by atoms with Gasteiger partial charge in [-0.25, -0.2) is 4.98 Å². The lowest BCUT2D eigenvalue weighted by molar-refractivity contribution is 0.0752. The second kappa shape index (κ2) is 6.73. The Bertz CT molecular complexity index is 678. The highest BCUT2D eigenvalue weighted by Crippen LogP contribution is 2.11. The second-order valence-electron chi connectivity index (χ2n) is 4.58. The monoisotopic (exact) mass is 284 g/mol. The molecule has 0 saturated heterocycles. The zero-order valence-electron chi connectivity index (χ0n) is 12.0. The zero-order valence-corrected chi connectivity index (χ0v) is 12.0. The number of carbonyl (C=O) groups excluding carboxylic acids is 1. The smallest absolute Gasteiger partial charge is 0.291 e. The number of nitrogens with zero attached hydrogens (tertiary/aromatic N) is 2. The van der Waals surface area contributed by atoms with E-state index in [1.807, 2.05) is 24.3 Å². The fraction of sp³-hybridized carbons (Fsp3) is 0.250. The highest BCUT2D eigenvalue weighted by Gasteiger charge is 2.18. The zero-order chi connectivity index (χ0) is 15.2. The summed E-state index contributed by atoms with van der Waals surface area (Å²) in [5, 5.41) is 8.64. The van der Waals surface area contributed by atoms with E-state index in [2.05, 4.69) is 16.8 Å². The van der Waals surface area contributed by atoms with Crippen LogP contribution < -0.4 is 0 Å². The molecule has 1 amide bonds. The Balaban J connectivity index is 2.04. The van der Waals surface area contributed by atoms with Gasteiger partial charge in [0.1, 0.15) is 6.61 Å². The van der Waals surface area contributed by atoms with Crippen LogP contribution in [0.25, 0.3) is 0 Å². The molecule has 5 heteroatoms. The number of aliphatic hydroxyl groups is 1. The molecule has 2 aromatic rings. The Morgan fingerprint density at radius 2 is 2.10 bits per heavy atom. The van der Waals surface area contributed by atoms with Crippen LogP contribution in [-0.4, -0.2) is 34.6 Å². The fourth-order valence-electron chi connectivity index (χ4n) is 1.86. The molecule has 21 heavy (non-hydrogen) atoms. The first kappa shape index (κ1) is 14.8. The molecule has 0 bridgehead atoms. The first-order valence-electron chi connectivity index (χ1n) is 6.46. The third-order valence-corrected chi connectivity index (χ3v) is 2.97. The number of hydrogen-bond donors (Lipinski definition) is 1. The molecule has 0 aliphatic heterocycles. The van der Waals surface area contributed by atoms with E-state index in [0.29, 0.717) is 12.2 Å². The first-order chi connectivity index (χ1) is 10.1. The average molecular weight is 284 g/mol. The van der Waals surface area contributed by atoms with Gasteiger partial charge >= 0.3 is 0 Å². The maximum atomic E-state index is 12.2. The van der Waals surface area contributed by atoms with Gasteiger partial charge in [0.15, 0.2) is 6.39 Å². The van der Waals surface area contributed by atoms with Gasteiger partial charge in [0.2, 0.25) is 5.76 Å². The van der Waals surface area contributed by atoms with Crippen molar-refractivity contribution in [1.29, 1.82) is 0 Å². The van der Waals surface area contributed by atoms with Gasteiger partial charge in [-0.1, -0.05) is 24.0 Å². The Labute approximate surface area is 123 Å². The van der Waals surface area contributed by atoms with Crippen molar-refractivity contribution in [3.63, 3.8) is 0 Å². The molecule has 5 nitrogen and oxygen atoms in total. The highest BCUT2D eigenvalue weighted by molar-refractivity contribution is 5.92. The minimum Gasteiger partial charge on any atom is -0.438 e. The summed E-state index contributed by atoms with van der Waals surface area (Å²) in [5.74, 6) is 5.48. The average Bonchev–Trinajstić information content (AvgIpc) is 2.92. The quantitative estimate of drug-likeness (QED) is 0.869. The van der Waals surface area contributed by atoms with Crippen molar-refractivity contribution in [3.05, 3.63) is 53.2 Å². The Kier molecular flexibility index (Phi) is 4.75. The highest BCUT2D eigenvalue weighted by atomic mass is 16.3. The summed E-state index contributed by atoms with van der Waals surface area (Å²) in [5.41, 5.74) is 2.40. The van der Waals surface area contributed by atoms with E-state index in [0.717, 1.165) is 11.1 Å². The van der Waals surface area contributed by atoms with Gasteiger partial charge in [-0.3, -0.25) is 4.79 Å². The number of amides is 1. The largest absolute Gasteiger partial charge is 0.438 e. The molecule has 2 rings (SSSR count). The van der Waals surface area contributed by atoms with Crippen LogP contribution in [0, 0.1) is 18.8 Å². The number of rotatable bonds is 3. The summed E-state index contributed by atoms with van der Waals surface area (Å²) in [6, 6.07) is 7.52. The molecule has 1 aromatic heterocycles. The summed E-state index contributed by atoms with van der Waals surface area (Å²) >= 11 is 0. The normalized spacial score (nSPS) is 9.86. The minimum atomic E-state index is -0.200. The predicted molar refractivity (Wildman–Crippen MR) is 77.4 cm³/mol. The SMILES string of the molecule is Cc1ncoc1C(=O)N(C)Cc1ccc(C#CCO)cc1. The topological polar surface area (TPSA) is 66.6 Å². The molecule has 0 atom stereocenters. The molecule has 1 N–H and O–H groups in total. The van der Waals surface area contributed by atoms with E-state index < -0.39 is 0 Å². The standard InChI is InChI=1S/C16H16N2O3/c1-12-15(21-11-17-12)16(20)18(2)10-14-7-5-13(6-8-14)4-3-9-19/h5-8,11,19H,9-10H2,1-2H3. The Hall–Kier alpha value is -2.58. The van der Waals surface area contributed by atoms with Crippen LogP contribution in [0.2, 0.25) is 0 Å². The molecule has 0 fully saturated rings. The van der Waals surface area contributed by atoms with E-state index in [9.17, 15) is 4.79 Å². The third-order valence-electron chi connectivity index (χ3n) is 2.97. The van der Waals surface area contributed by atoms with Gasteiger partial charge in [-0.15, -0.1) is 0 Å². The predicted octanol–water partition coefficient (Wildman–Crippen LogP) is 1.60. The van der Waals surface area contributed by atoms with Gasteiger partial charge in [0.05, 0.1) is 5.69 Å². The maximum Gasteiger partial charge on any atom is 0.291 e. The number of aromatic nitrogens is 1. The van der Waals surface area contributed by atoms with Crippen molar-refractivity contribution >= 4 is 5.91 Å². The van der Waals surface area contributed by atoms with E-state index in [1.165, 1.54) is 6.39 Å². The molecule has 1 aromatic carbocycles. The van der Waals surface area contributed by atoms with Crippen LogP contribution in [0.1, 0.15) is 27.4 Å². The van der Waals surface area contributed by atoms with Gasteiger partial charge in [-0.2, -0.15) is 0 Å². The van der Waals surface area contributed by atoms with Crippen molar-refractivity contribution in [3.8, 4) is 11.8 Å². The lowest BCUT2D eigenvalue weighted by Crippen LogP contribution is -2.26. The number of benzene rings is 1. The molecule has 0 spiro atoms. The minimum absolute atomic E-state index is 0.157. The second-order valence-corrected chi connectivity index (χ2v) is 4.58. The van der Waals surface area contributed by atoms with Crippen LogP contribution >= 0.6 is 0 Å². The summed E-state index contributed by atoms with van der Waals surface area (Å²) in [6.07, 6.45) is 1.27. The molecule has 0 radical (unpaired) electrons. The molecule has 0 unspecified atom stereocenters. The molecule has 0 saturated carbocycles. The van der Waals surface area contributed by atoms with E-state index in [1.54, 1.807) is 18.9 Å². The number of aryl methyl sites for hydroxylation is 1. The Morgan fingerprint density at radius 3 is 2.67 bits per heavy atom. The molecular formula is C16H16N2O3. The fourth-order valence-corrected chi connectivity index (χ4v) is 1.86. The molecule has 108 valence electrons. The van der Waals surface area contributed by atoms with E-state index in [4.69, 9.17) is 9.52 Å². The molecule has 0 aliphatic rings. The van der Waals surface area contributed by atoms with Gasteiger partial charge in [0.25, 0.3) is 5.91 Å². The number of oxazole rings is 1. The van der Waals surface area contributed by atoms with Crippen molar-refractivity contribution in [2.75, 3.05) is 13.7 Å². The van der Waals surface area contributed by atoms with E-state index >= 15 is 0 Å². The van der Waals surface area contributed by atoms with Gasteiger partial charge in [0, 0.05) is 19.2 Å². The van der Waals surface area contributed by atoms with Crippen molar-refractivity contribution in [2.45, 2.75) is 13.5 Å².